The average molecular weight is 925 g/mol. The Morgan fingerprint density at radius 2 is 0.912 bits per heavy atom. The van der Waals surface area contributed by atoms with Gasteiger partial charge in [0.2, 0.25) is 0 Å². The highest BCUT2D eigenvalue weighted by atomic mass is 19.1. The average Bonchev–Trinajstić information content (AvgIpc) is 3.36. The molecule has 4 aromatic carbocycles. The molecule has 0 aliphatic carbocycles. The van der Waals surface area contributed by atoms with E-state index in [2.05, 4.69) is 36.8 Å². The van der Waals surface area contributed by atoms with Crippen molar-refractivity contribution in [3.63, 3.8) is 0 Å². The third kappa shape index (κ3) is 20.3. The summed E-state index contributed by atoms with van der Waals surface area (Å²) in [5.41, 5.74) is 5.01. The molecule has 2 heterocycles. The molecule has 6 rings (SSSR count). The molecule has 0 saturated carbocycles. The summed E-state index contributed by atoms with van der Waals surface area (Å²) in [6, 6.07) is 38.1. The molecular weight excluding hydrogens is 852 g/mol. The Labute approximate surface area is 405 Å². The molecule has 68 heavy (non-hydrogen) atoms. The van der Waals surface area contributed by atoms with Crippen LogP contribution in [0.1, 0.15) is 135 Å². The van der Waals surface area contributed by atoms with E-state index in [4.69, 9.17) is 23.7 Å². The number of aromatic nitrogens is 2. The van der Waals surface area contributed by atoms with E-state index in [1.54, 1.807) is 30.5 Å². The monoisotopic (exact) mass is 925 g/mol. The van der Waals surface area contributed by atoms with Gasteiger partial charge in [0, 0.05) is 23.7 Å². The Balaban J connectivity index is 0.000000254. The van der Waals surface area contributed by atoms with Crippen LogP contribution in [0, 0.1) is 6.92 Å². The van der Waals surface area contributed by atoms with E-state index in [1.165, 1.54) is 57.8 Å². The summed E-state index contributed by atoms with van der Waals surface area (Å²) < 4.78 is 42.8. The Morgan fingerprint density at radius 3 is 1.43 bits per heavy atom. The lowest BCUT2D eigenvalue weighted by atomic mass is 10.1. The minimum absolute atomic E-state index is 0.102. The number of pyridine rings is 2. The van der Waals surface area contributed by atoms with Crippen LogP contribution in [0.2, 0.25) is 0 Å². The van der Waals surface area contributed by atoms with Crippen molar-refractivity contribution in [1.29, 1.82) is 0 Å². The fourth-order valence-electron chi connectivity index (χ4n) is 7.30. The number of hydrogen-bond donors (Lipinski definition) is 0. The number of rotatable bonds is 29. The van der Waals surface area contributed by atoms with Gasteiger partial charge in [0.05, 0.1) is 24.2 Å². The maximum Gasteiger partial charge on any atom is 0.311 e. The molecule has 0 radical (unpaired) electrons. The first-order chi connectivity index (χ1) is 33.3. The number of halogens is 1. The van der Waals surface area contributed by atoms with Gasteiger partial charge in [-0.2, -0.15) is 0 Å². The van der Waals surface area contributed by atoms with E-state index in [9.17, 15) is 9.18 Å². The van der Waals surface area contributed by atoms with Crippen LogP contribution in [0.25, 0.3) is 22.5 Å². The van der Waals surface area contributed by atoms with E-state index >= 15 is 0 Å². The lowest BCUT2D eigenvalue weighted by molar-refractivity contribution is -0.134. The summed E-state index contributed by atoms with van der Waals surface area (Å²) in [5.74, 6) is 4.66. The zero-order valence-electron chi connectivity index (χ0n) is 40.9. The number of alkyl halides is 1. The minimum atomic E-state index is -0.919. The maximum absolute atomic E-state index is 14.2. The van der Waals surface area contributed by atoms with Crippen molar-refractivity contribution < 1.29 is 32.9 Å². The van der Waals surface area contributed by atoms with Gasteiger partial charge in [0.1, 0.15) is 53.0 Å². The minimum Gasteiger partial charge on any atom is -0.492 e. The zero-order valence-corrected chi connectivity index (χ0v) is 40.9. The fraction of sp³-hybridized carbons (Fsp3) is 0.407. The number of benzene rings is 4. The molecule has 362 valence electrons. The molecule has 9 heteroatoms. The standard InChI is InChI=1S/C30H38FNO2.C29H35NO4/c1-3-4-5-6-7-8-9-10-11-26(31)23-33-27-17-19-29(20-18-27)34-28-15-13-25(14-16-28)30-21-12-24(2)22-32-30;1-3-5-7-9-21-32-27-19-20-28(30-22-27)23-11-13-24(14-12-23)33-25-15-17-26(18-16-25)34-29(31)10-8-6-4-2/h12-22,26H,3-11,23H2,1-2H3;11-20,22H,3-10,21H2,1-2H3. The summed E-state index contributed by atoms with van der Waals surface area (Å²) in [4.78, 5) is 20.8. The van der Waals surface area contributed by atoms with Gasteiger partial charge in [-0.1, -0.05) is 110 Å². The summed E-state index contributed by atoms with van der Waals surface area (Å²) in [6.45, 7) is 9.41. The first kappa shape index (κ1) is 52.7. The van der Waals surface area contributed by atoms with Gasteiger partial charge in [0.25, 0.3) is 0 Å². The maximum atomic E-state index is 14.2. The summed E-state index contributed by atoms with van der Waals surface area (Å²) in [5, 5.41) is 0. The number of unbranched alkanes of at least 4 members (excludes halogenated alkanes) is 12. The predicted octanol–water partition coefficient (Wildman–Crippen LogP) is 17.1. The first-order valence-corrected chi connectivity index (χ1v) is 25.1. The van der Waals surface area contributed by atoms with Gasteiger partial charge in [-0.3, -0.25) is 14.8 Å². The van der Waals surface area contributed by atoms with Gasteiger partial charge in [-0.15, -0.1) is 0 Å². The Hall–Kier alpha value is -6.22. The van der Waals surface area contributed by atoms with Gasteiger partial charge in [-0.05, 0) is 147 Å². The second-order valence-corrected chi connectivity index (χ2v) is 17.3. The van der Waals surface area contributed by atoms with Crippen molar-refractivity contribution in [1.82, 2.24) is 9.97 Å². The van der Waals surface area contributed by atoms with Crippen LogP contribution in [0.3, 0.4) is 0 Å². The summed E-state index contributed by atoms with van der Waals surface area (Å²) >= 11 is 0. The molecule has 0 fully saturated rings. The third-order valence-electron chi connectivity index (χ3n) is 11.4. The van der Waals surface area contributed by atoms with Gasteiger partial charge in [-0.25, -0.2) is 4.39 Å². The number of hydrogen-bond acceptors (Lipinski definition) is 8. The number of aryl methyl sites for hydroxylation is 1. The first-order valence-electron chi connectivity index (χ1n) is 25.1. The number of carbonyl (C=O) groups excluding carboxylic acids is 1. The molecule has 1 atom stereocenters. The van der Waals surface area contributed by atoms with Crippen molar-refractivity contribution >= 4 is 5.97 Å². The lowest BCUT2D eigenvalue weighted by Gasteiger charge is -2.11. The molecule has 2 aromatic heterocycles. The Morgan fingerprint density at radius 1 is 0.471 bits per heavy atom. The molecule has 0 spiro atoms. The molecule has 6 aromatic rings. The van der Waals surface area contributed by atoms with Crippen LogP contribution in [0.5, 0.6) is 40.2 Å². The van der Waals surface area contributed by atoms with Crippen molar-refractivity contribution in [2.75, 3.05) is 13.2 Å². The van der Waals surface area contributed by atoms with E-state index in [1.807, 2.05) is 104 Å². The highest BCUT2D eigenvalue weighted by Crippen LogP contribution is 2.29. The third-order valence-corrected chi connectivity index (χ3v) is 11.4. The van der Waals surface area contributed by atoms with Crippen LogP contribution >= 0.6 is 0 Å². The molecule has 0 aliphatic rings. The number of nitrogens with zero attached hydrogens (tertiary/aromatic N) is 2. The van der Waals surface area contributed by atoms with Crippen LogP contribution in [-0.2, 0) is 4.79 Å². The van der Waals surface area contributed by atoms with E-state index in [0.717, 1.165) is 90.5 Å². The van der Waals surface area contributed by atoms with Crippen LogP contribution in [0.4, 0.5) is 4.39 Å². The highest BCUT2D eigenvalue weighted by molar-refractivity contribution is 5.72. The van der Waals surface area contributed by atoms with Gasteiger partial charge >= 0.3 is 5.97 Å². The fourth-order valence-corrected chi connectivity index (χ4v) is 7.30. The van der Waals surface area contributed by atoms with Crippen LogP contribution < -0.4 is 23.7 Å². The quantitative estimate of drug-likeness (QED) is 0.0261. The number of esters is 1. The molecular formula is C59H73FN2O6. The normalized spacial score (nSPS) is 11.2. The van der Waals surface area contributed by atoms with Crippen molar-refractivity contribution in [2.45, 2.75) is 143 Å². The molecule has 0 N–H and O–H groups in total. The van der Waals surface area contributed by atoms with Gasteiger partial charge < -0.3 is 23.7 Å². The smallest absolute Gasteiger partial charge is 0.311 e. The van der Waals surface area contributed by atoms with Crippen LogP contribution in [0.15, 0.2) is 134 Å². The van der Waals surface area contributed by atoms with Crippen molar-refractivity contribution in [3.05, 3.63) is 139 Å². The SMILES string of the molecule is CCCCCCCCCCC(F)COc1ccc(Oc2ccc(-c3ccc(C)cn3)cc2)cc1.CCCCCCOc1ccc(-c2ccc(Oc3ccc(OC(=O)CCCCC)cc3)cc2)nc1. The van der Waals surface area contributed by atoms with E-state index in [0.29, 0.717) is 35.8 Å². The lowest BCUT2D eigenvalue weighted by Crippen LogP contribution is -2.12. The highest BCUT2D eigenvalue weighted by Gasteiger charge is 2.10. The topological polar surface area (TPSA) is 89.0 Å². The number of carbonyl (C=O) groups is 1. The Bertz CT molecular complexity index is 2250. The van der Waals surface area contributed by atoms with Crippen molar-refractivity contribution in [2.24, 2.45) is 0 Å². The molecule has 8 nitrogen and oxygen atoms in total. The number of ether oxygens (including phenoxy) is 5. The second kappa shape index (κ2) is 30.9. The molecule has 1 unspecified atom stereocenters. The molecule has 0 aliphatic heterocycles. The molecule has 0 bridgehead atoms. The Kier molecular flexibility index (Phi) is 24.0. The second-order valence-electron chi connectivity index (χ2n) is 17.3. The van der Waals surface area contributed by atoms with Crippen LogP contribution in [-0.4, -0.2) is 35.3 Å². The van der Waals surface area contributed by atoms with E-state index in [-0.39, 0.29) is 12.6 Å². The van der Waals surface area contributed by atoms with Crippen molar-refractivity contribution in [3.8, 4) is 62.8 Å². The summed E-state index contributed by atoms with van der Waals surface area (Å²) in [7, 11) is 0. The molecule has 0 saturated heterocycles. The molecule has 0 amide bonds. The predicted molar refractivity (Wildman–Crippen MR) is 274 cm³/mol. The largest absolute Gasteiger partial charge is 0.492 e. The zero-order chi connectivity index (χ0) is 48.0. The van der Waals surface area contributed by atoms with E-state index < -0.39 is 6.17 Å². The summed E-state index contributed by atoms with van der Waals surface area (Å²) in [6.07, 6.45) is 21.3. The van der Waals surface area contributed by atoms with Gasteiger partial charge in [0.15, 0.2) is 0 Å².